The standard InChI is InChI=1S/C16H20N4O2/c1-11-4-3-7-20(10-11)13-5-6-17-14(9-13)16(21)18-15-8-12(2)22-19-15/h5-6,8-9,11H,3-4,7,10H2,1-2H3,(H,18,19,21). The molecule has 2 aromatic heterocycles. The number of aryl methyl sites for hydroxylation is 1. The molecule has 1 saturated heterocycles. The molecule has 1 aliphatic heterocycles. The number of amides is 1. The van der Waals surface area contributed by atoms with Crippen LogP contribution in [0.5, 0.6) is 0 Å². The average Bonchev–Trinajstić information content (AvgIpc) is 2.92. The first-order valence-electron chi connectivity index (χ1n) is 7.57. The Kier molecular flexibility index (Phi) is 4.09. The van der Waals surface area contributed by atoms with Gasteiger partial charge in [-0.3, -0.25) is 9.78 Å². The molecule has 1 atom stereocenters. The van der Waals surface area contributed by atoms with Crippen LogP contribution in [0.15, 0.2) is 28.9 Å². The van der Waals surface area contributed by atoms with Crippen LogP contribution in [0.25, 0.3) is 0 Å². The molecular weight excluding hydrogens is 280 g/mol. The van der Waals surface area contributed by atoms with Crippen LogP contribution in [0, 0.1) is 12.8 Å². The second-order valence-corrected chi connectivity index (χ2v) is 5.87. The summed E-state index contributed by atoms with van der Waals surface area (Å²) in [6.45, 7) is 6.08. The molecule has 0 bridgehead atoms. The molecule has 1 amide bonds. The zero-order chi connectivity index (χ0) is 15.5. The molecule has 6 heteroatoms. The van der Waals surface area contributed by atoms with E-state index in [0.717, 1.165) is 18.8 Å². The van der Waals surface area contributed by atoms with Crippen molar-refractivity contribution in [1.29, 1.82) is 0 Å². The van der Waals surface area contributed by atoms with Crippen molar-refractivity contribution in [3.05, 3.63) is 35.9 Å². The first kappa shape index (κ1) is 14.6. The Hall–Kier alpha value is -2.37. The first-order chi connectivity index (χ1) is 10.6. The predicted molar refractivity (Wildman–Crippen MR) is 84.0 cm³/mol. The van der Waals surface area contributed by atoms with Crippen LogP contribution in [0.2, 0.25) is 0 Å². The third-order valence-electron chi connectivity index (χ3n) is 3.87. The summed E-state index contributed by atoms with van der Waals surface area (Å²) in [5.74, 6) is 1.46. The molecular formula is C16H20N4O2. The second-order valence-electron chi connectivity index (χ2n) is 5.87. The number of nitrogens with one attached hydrogen (secondary N) is 1. The van der Waals surface area contributed by atoms with E-state index in [0.29, 0.717) is 23.2 Å². The number of nitrogens with zero attached hydrogens (tertiary/aromatic N) is 3. The first-order valence-corrected chi connectivity index (χ1v) is 7.57. The van der Waals surface area contributed by atoms with Crippen LogP contribution in [0.1, 0.15) is 36.0 Å². The van der Waals surface area contributed by atoms with Gasteiger partial charge in [0, 0.05) is 31.0 Å². The van der Waals surface area contributed by atoms with Gasteiger partial charge >= 0.3 is 0 Å². The maximum atomic E-state index is 12.2. The molecule has 3 heterocycles. The highest BCUT2D eigenvalue weighted by Gasteiger charge is 2.18. The van der Waals surface area contributed by atoms with Crippen molar-refractivity contribution in [3.8, 4) is 0 Å². The molecule has 0 aromatic carbocycles. The van der Waals surface area contributed by atoms with Gasteiger partial charge in [0.1, 0.15) is 11.5 Å². The molecule has 22 heavy (non-hydrogen) atoms. The highest BCUT2D eigenvalue weighted by Crippen LogP contribution is 2.23. The molecule has 116 valence electrons. The van der Waals surface area contributed by atoms with Crippen LogP contribution >= 0.6 is 0 Å². The number of carbonyl (C=O) groups excluding carboxylic acids is 1. The largest absolute Gasteiger partial charge is 0.371 e. The van der Waals surface area contributed by atoms with Crippen LogP contribution in [-0.4, -0.2) is 29.1 Å². The number of piperidine rings is 1. The summed E-state index contributed by atoms with van der Waals surface area (Å²) >= 11 is 0. The van der Waals surface area contributed by atoms with Crippen LogP contribution < -0.4 is 10.2 Å². The van der Waals surface area contributed by atoms with Crippen LogP contribution in [0.4, 0.5) is 11.5 Å². The lowest BCUT2D eigenvalue weighted by Gasteiger charge is -2.32. The van der Waals surface area contributed by atoms with Gasteiger partial charge < -0.3 is 14.7 Å². The Morgan fingerprint density at radius 3 is 3.05 bits per heavy atom. The Morgan fingerprint density at radius 2 is 2.32 bits per heavy atom. The number of rotatable bonds is 3. The van der Waals surface area contributed by atoms with Gasteiger partial charge in [0.05, 0.1) is 0 Å². The van der Waals surface area contributed by atoms with E-state index in [9.17, 15) is 4.79 Å². The number of anilines is 2. The third kappa shape index (κ3) is 3.27. The molecule has 6 nitrogen and oxygen atoms in total. The summed E-state index contributed by atoms with van der Waals surface area (Å²) in [7, 11) is 0. The Balaban J connectivity index is 1.74. The predicted octanol–water partition coefficient (Wildman–Crippen LogP) is 2.87. The lowest BCUT2D eigenvalue weighted by atomic mass is 10.00. The quantitative estimate of drug-likeness (QED) is 0.943. The van der Waals surface area contributed by atoms with Crippen molar-refractivity contribution in [1.82, 2.24) is 10.1 Å². The third-order valence-corrected chi connectivity index (χ3v) is 3.87. The van der Waals surface area contributed by atoms with E-state index in [1.54, 1.807) is 19.2 Å². The van der Waals surface area contributed by atoms with E-state index in [-0.39, 0.29) is 5.91 Å². The van der Waals surface area contributed by atoms with E-state index in [2.05, 4.69) is 27.3 Å². The lowest BCUT2D eigenvalue weighted by molar-refractivity contribution is 0.102. The molecule has 3 rings (SSSR count). The van der Waals surface area contributed by atoms with Crippen molar-refractivity contribution < 1.29 is 9.32 Å². The van der Waals surface area contributed by atoms with Gasteiger partial charge in [-0.25, -0.2) is 0 Å². The fraction of sp³-hybridized carbons (Fsp3) is 0.438. The molecule has 1 N–H and O–H groups in total. The van der Waals surface area contributed by atoms with Crippen molar-refractivity contribution >= 4 is 17.4 Å². The van der Waals surface area contributed by atoms with Gasteiger partial charge in [-0.05, 0) is 37.8 Å². The monoisotopic (exact) mass is 300 g/mol. The Morgan fingerprint density at radius 1 is 1.45 bits per heavy atom. The van der Waals surface area contributed by atoms with Gasteiger partial charge in [0.2, 0.25) is 0 Å². The van der Waals surface area contributed by atoms with Crippen LogP contribution in [0.3, 0.4) is 0 Å². The smallest absolute Gasteiger partial charge is 0.275 e. The average molecular weight is 300 g/mol. The van der Waals surface area contributed by atoms with E-state index in [1.165, 1.54) is 12.8 Å². The number of hydrogen-bond acceptors (Lipinski definition) is 5. The molecule has 0 spiro atoms. The van der Waals surface area contributed by atoms with Gasteiger partial charge in [-0.1, -0.05) is 12.1 Å². The zero-order valence-electron chi connectivity index (χ0n) is 12.9. The molecule has 0 aliphatic carbocycles. The van der Waals surface area contributed by atoms with E-state index in [1.807, 2.05) is 12.1 Å². The summed E-state index contributed by atoms with van der Waals surface area (Å²) in [6.07, 6.45) is 4.13. The number of carbonyl (C=O) groups is 1. The highest BCUT2D eigenvalue weighted by atomic mass is 16.5. The summed E-state index contributed by atoms with van der Waals surface area (Å²) in [4.78, 5) is 18.7. The SMILES string of the molecule is Cc1cc(NC(=O)c2cc(N3CCCC(C)C3)ccn2)no1. The lowest BCUT2D eigenvalue weighted by Crippen LogP contribution is -2.34. The minimum Gasteiger partial charge on any atom is -0.371 e. The second kappa shape index (κ2) is 6.17. The van der Waals surface area contributed by atoms with Crippen molar-refractivity contribution in [2.24, 2.45) is 5.92 Å². The van der Waals surface area contributed by atoms with Gasteiger partial charge in [-0.15, -0.1) is 0 Å². The molecule has 1 aliphatic rings. The van der Waals surface area contributed by atoms with E-state index < -0.39 is 0 Å². The fourth-order valence-corrected chi connectivity index (χ4v) is 2.77. The van der Waals surface area contributed by atoms with E-state index in [4.69, 9.17) is 4.52 Å². The summed E-state index contributed by atoms with van der Waals surface area (Å²) in [5.41, 5.74) is 1.43. The Bertz CT molecular complexity index is 668. The normalized spacial score (nSPS) is 18.3. The van der Waals surface area contributed by atoms with Gasteiger partial charge in [0.25, 0.3) is 5.91 Å². The number of pyridine rings is 1. The minimum absolute atomic E-state index is 0.278. The van der Waals surface area contributed by atoms with Crippen molar-refractivity contribution in [2.75, 3.05) is 23.3 Å². The number of aromatic nitrogens is 2. The summed E-state index contributed by atoms with van der Waals surface area (Å²) in [6, 6.07) is 5.46. The topological polar surface area (TPSA) is 71.3 Å². The molecule has 0 radical (unpaired) electrons. The van der Waals surface area contributed by atoms with E-state index >= 15 is 0 Å². The molecule has 2 aromatic rings. The fourth-order valence-electron chi connectivity index (χ4n) is 2.77. The number of hydrogen-bond donors (Lipinski definition) is 1. The molecule has 1 fully saturated rings. The van der Waals surface area contributed by atoms with Crippen molar-refractivity contribution in [3.63, 3.8) is 0 Å². The zero-order valence-corrected chi connectivity index (χ0v) is 12.9. The maximum absolute atomic E-state index is 12.2. The highest BCUT2D eigenvalue weighted by molar-refractivity contribution is 6.02. The molecule has 1 unspecified atom stereocenters. The van der Waals surface area contributed by atoms with Crippen molar-refractivity contribution in [2.45, 2.75) is 26.7 Å². The summed E-state index contributed by atoms with van der Waals surface area (Å²) < 4.78 is 4.94. The minimum atomic E-state index is -0.278. The Labute approximate surface area is 129 Å². The van der Waals surface area contributed by atoms with Gasteiger partial charge in [-0.2, -0.15) is 0 Å². The molecule has 0 saturated carbocycles. The maximum Gasteiger partial charge on any atom is 0.275 e. The van der Waals surface area contributed by atoms with Gasteiger partial charge in [0.15, 0.2) is 5.82 Å². The van der Waals surface area contributed by atoms with Crippen LogP contribution in [-0.2, 0) is 0 Å². The summed E-state index contributed by atoms with van der Waals surface area (Å²) in [5, 5.41) is 6.45.